The molecule has 2 aliphatic heterocycles. The van der Waals surface area contributed by atoms with Gasteiger partial charge in [-0.3, -0.25) is 9.78 Å². The van der Waals surface area contributed by atoms with E-state index in [2.05, 4.69) is 4.98 Å². The second-order valence-corrected chi connectivity index (χ2v) is 6.36. The fourth-order valence-corrected chi connectivity index (χ4v) is 3.87. The standard InChI is InChI=1S/C18H18BN3O/c19-21-12-9-18(10-13-21)16(15-8-4-5-11-20-15)22(17(18)23)14-6-2-1-3-7-14/h1-8,11,16H,9-10,12-13H2. The molecule has 1 unspecified atom stereocenters. The monoisotopic (exact) mass is 303 g/mol. The molecule has 114 valence electrons. The summed E-state index contributed by atoms with van der Waals surface area (Å²) in [5.74, 6) is 0.201. The van der Waals surface area contributed by atoms with E-state index in [1.807, 2.05) is 53.4 Å². The molecule has 1 aromatic carbocycles. The minimum Gasteiger partial charge on any atom is -0.353 e. The van der Waals surface area contributed by atoms with Crippen molar-refractivity contribution >= 4 is 19.6 Å². The van der Waals surface area contributed by atoms with Gasteiger partial charge in [0.1, 0.15) is 0 Å². The number of nitrogens with zero attached hydrogens (tertiary/aromatic N) is 3. The molecule has 2 saturated heterocycles. The van der Waals surface area contributed by atoms with Gasteiger partial charge in [0, 0.05) is 11.9 Å². The van der Waals surface area contributed by atoms with Crippen LogP contribution in [0, 0.1) is 5.41 Å². The molecule has 2 aromatic rings. The first-order valence-electron chi connectivity index (χ1n) is 8.02. The Kier molecular flexibility index (Phi) is 3.45. The van der Waals surface area contributed by atoms with Crippen LogP contribution in [0.5, 0.6) is 0 Å². The lowest BCUT2D eigenvalue weighted by Crippen LogP contribution is -2.66. The summed E-state index contributed by atoms with van der Waals surface area (Å²) in [6.07, 6.45) is 3.37. The third kappa shape index (κ3) is 2.19. The number of anilines is 1. The number of β-lactam (4-membered cyclic amide) rings is 1. The molecule has 3 heterocycles. The van der Waals surface area contributed by atoms with E-state index in [4.69, 9.17) is 7.98 Å². The van der Waals surface area contributed by atoms with Crippen LogP contribution < -0.4 is 4.90 Å². The number of hydrogen-bond acceptors (Lipinski definition) is 3. The molecule has 0 aliphatic carbocycles. The lowest BCUT2D eigenvalue weighted by molar-refractivity contribution is -0.144. The number of para-hydroxylation sites is 1. The molecule has 2 fully saturated rings. The predicted molar refractivity (Wildman–Crippen MR) is 89.9 cm³/mol. The molecule has 4 nitrogen and oxygen atoms in total. The van der Waals surface area contributed by atoms with Crippen LogP contribution in [-0.4, -0.2) is 36.8 Å². The van der Waals surface area contributed by atoms with E-state index in [0.717, 1.165) is 37.3 Å². The maximum Gasteiger partial charge on any atom is 0.236 e. The van der Waals surface area contributed by atoms with Gasteiger partial charge >= 0.3 is 0 Å². The van der Waals surface area contributed by atoms with E-state index in [1.54, 1.807) is 11.0 Å². The summed E-state index contributed by atoms with van der Waals surface area (Å²) in [5.41, 5.74) is 1.54. The molecule has 1 aromatic heterocycles. The van der Waals surface area contributed by atoms with Gasteiger partial charge in [-0.1, -0.05) is 24.3 Å². The Labute approximate surface area is 137 Å². The summed E-state index contributed by atoms with van der Waals surface area (Å²) in [7, 11) is 5.90. The number of carbonyl (C=O) groups is 1. The van der Waals surface area contributed by atoms with E-state index in [9.17, 15) is 4.79 Å². The van der Waals surface area contributed by atoms with E-state index in [-0.39, 0.29) is 17.4 Å². The van der Waals surface area contributed by atoms with Crippen LogP contribution in [0.1, 0.15) is 24.6 Å². The molecular weight excluding hydrogens is 285 g/mol. The third-order valence-corrected chi connectivity index (χ3v) is 5.12. The minimum atomic E-state index is -0.361. The van der Waals surface area contributed by atoms with Crippen LogP contribution in [0.4, 0.5) is 5.69 Å². The highest BCUT2D eigenvalue weighted by Gasteiger charge is 2.62. The van der Waals surface area contributed by atoms with Crippen LogP contribution in [0.25, 0.3) is 0 Å². The Hall–Kier alpha value is -2.14. The largest absolute Gasteiger partial charge is 0.353 e. The molecule has 23 heavy (non-hydrogen) atoms. The molecule has 1 spiro atoms. The van der Waals surface area contributed by atoms with E-state index >= 15 is 0 Å². The van der Waals surface area contributed by atoms with Crippen LogP contribution in [0.2, 0.25) is 0 Å². The number of carbonyl (C=O) groups excluding carboxylic acids is 1. The van der Waals surface area contributed by atoms with Crippen LogP contribution in [0.3, 0.4) is 0 Å². The van der Waals surface area contributed by atoms with E-state index < -0.39 is 0 Å². The van der Waals surface area contributed by atoms with Gasteiger partial charge in [-0.15, -0.1) is 0 Å². The summed E-state index contributed by atoms with van der Waals surface area (Å²) in [4.78, 5) is 21.3. The SMILES string of the molecule is [B]N1CCC2(CC1)C(=O)N(c1ccccc1)C2c1ccccn1. The number of piperidine rings is 1. The number of amides is 1. The second-order valence-electron chi connectivity index (χ2n) is 6.36. The topological polar surface area (TPSA) is 36.4 Å². The quantitative estimate of drug-likeness (QED) is 0.631. The molecule has 1 amide bonds. The van der Waals surface area contributed by atoms with Crippen molar-refractivity contribution in [3.63, 3.8) is 0 Å². The van der Waals surface area contributed by atoms with Gasteiger partial charge in [0.2, 0.25) is 5.91 Å². The Morgan fingerprint density at radius 3 is 2.39 bits per heavy atom. The summed E-state index contributed by atoms with van der Waals surface area (Å²) in [6, 6.07) is 15.8. The molecule has 4 rings (SSSR count). The first kappa shape index (κ1) is 14.5. The lowest BCUT2D eigenvalue weighted by Gasteiger charge is -2.58. The number of benzene rings is 1. The Bertz CT molecular complexity index is 699. The molecular formula is C18H18BN3O. The van der Waals surface area contributed by atoms with Gasteiger partial charge < -0.3 is 9.71 Å². The predicted octanol–water partition coefficient (Wildman–Crippen LogP) is 2.34. The Balaban J connectivity index is 1.75. The summed E-state index contributed by atoms with van der Waals surface area (Å²) < 4.78 is 0. The lowest BCUT2D eigenvalue weighted by atomic mass is 9.62. The van der Waals surface area contributed by atoms with Crippen molar-refractivity contribution in [3.05, 3.63) is 60.4 Å². The first-order chi connectivity index (χ1) is 11.2. The van der Waals surface area contributed by atoms with Crippen molar-refractivity contribution in [3.8, 4) is 0 Å². The van der Waals surface area contributed by atoms with Gasteiger partial charge in [-0.25, -0.2) is 0 Å². The normalized spacial score (nSPS) is 23.7. The van der Waals surface area contributed by atoms with Crippen LogP contribution in [0.15, 0.2) is 54.7 Å². The van der Waals surface area contributed by atoms with Crippen molar-refractivity contribution < 1.29 is 4.79 Å². The van der Waals surface area contributed by atoms with Gasteiger partial charge in [0.05, 0.1) is 17.2 Å². The van der Waals surface area contributed by atoms with Gasteiger partial charge in [0.25, 0.3) is 0 Å². The zero-order valence-corrected chi connectivity index (χ0v) is 12.9. The number of aromatic nitrogens is 1. The third-order valence-electron chi connectivity index (χ3n) is 5.12. The Morgan fingerprint density at radius 2 is 1.74 bits per heavy atom. The van der Waals surface area contributed by atoms with Gasteiger partial charge in [-0.05, 0) is 50.2 Å². The number of pyridine rings is 1. The number of rotatable bonds is 2. The second kappa shape index (κ2) is 5.50. The smallest absolute Gasteiger partial charge is 0.236 e. The summed E-state index contributed by atoms with van der Waals surface area (Å²) in [6.45, 7) is 1.50. The Morgan fingerprint density at radius 1 is 1.04 bits per heavy atom. The van der Waals surface area contributed by atoms with Crippen molar-refractivity contribution in [2.45, 2.75) is 18.9 Å². The first-order valence-corrected chi connectivity index (χ1v) is 8.02. The average molecular weight is 303 g/mol. The number of hydrogen-bond donors (Lipinski definition) is 0. The fourth-order valence-electron chi connectivity index (χ4n) is 3.87. The van der Waals surface area contributed by atoms with Crippen molar-refractivity contribution in [2.24, 2.45) is 5.41 Å². The maximum absolute atomic E-state index is 13.1. The zero-order valence-electron chi connectivity index (χ0n) is 12.9. The molecule has 5 heteroatoms. The average Bonchev–Trinajstić information content (AvgIpc) is 2.61. The molecule has 0 saturated carbocycles. The molecule has 1 atom stereocenters. The minimum absolute atomic E-state index is 0.00713. The fraction of sp³-hybridized carbons (Fsp3) is 0.333. The summed E-state index contributed by atoms with van der Waals surface area (Å²) >= 11 is 0. The maximum atomic E-state index is 13.1. The molecule has 2 aliphatic rings. The van der Waals surface area contributed by atoms with E-state index in [0.29, 0.717) is 0 Å². The zero-order chi connectivity index (χ0) is 15.9. The van der Waals surface area contributed by atoms with Gasteiger partial charge in [-0.2, -0.15) is 0 Å². The van der Waals surface area contributed by atoms with Crippen molar-refractivity contribution in [2.75, 3.05) is 18.0 Å². The van der Waals surface area contributed by atoms with Crippen LogP contribution >= 0.6 is 0 Å². The highest BCUT2D eigenvalue weighted by atomic mass is 16.2. The van der Waals surface area contributed by atoms with Crippen molar-refractivity contribution in [1.29, 1.82) is 0 Å². The van der Waals surface area contributed by atoms with Crippen molar-refractivity contribution in [1.82, 2.24) is 9.79 Å². The highest BCUT2D eigenvalue weighted by molar-refractivity contribution is 6.07. The van der Waals surface area contributed by atoms with E-state index in [1.165, 1.54) is 0 Å². The molecule has 0 bridgehead atoms. The van der Waals surface area contributed by atoms with Crippen LogP contribution in [-0.2, 0) is 4.79 Å². The molecule has 2 radical (unpaired) electrons. The van der Waals surface area contributed by atoms with Gasteiger partial charge in [0.15, 0.2) is 7.98 Å². The highest BCUT2D eigenvalue weighted by Crippen LogP contribution is 2.56. The summed E-state index contributed by atoms with van der Waals surface area (Å²) in [5, 5.41) is 0. The molecule has 0 N–H and O–H groups in total.